The third-order valence-electron chi connectivity index (χ3n) is 7.62. The van der Waals surface area contributed by atoms with Crippen LogP contribution in [0.15, 0.2) is 48.6 Å². The molecule has 0 radical (unpaired) electrons. The van der Waals surface area contributed by atoms with Crippen LogP contribution in [0.1, 0.15) is 124 Å². The molecule has 0 aliphatic heterocycles. The highest BCUT2D eigenvalue weighted by Gasteiger charge is 2.27. The van der Waals surface area contributed by atoms with E-state index in [4.69, 9.17) is 19.1 Å². The van der Waals surface area contributed by atoms with E-state index < -0.39 is 70.6 Å². The van der Waals surface area contributed by atoms with Gasteiger partial charge in [0.2, 0.25) is 0 Å². The summed E-state index contributed by atoms with van der Waals surface area (Å²) >= 11 is 0. The molecule has 0 aromatic carbocycles. The number of esters is 2. The van der Waals surface area contributed by atoms with Crippen LogP contribution in [-0.4, -0.2) is 88.1 Å². The van der Waals surface area contributed by atoms with Crippen LogP contribution in [0.4, 0.5) is 0 Å². The molecule has 13 heteroatoms. The largest absolute Gasteiger partial charge is 0.472 e. The van der Waals surface area contributed by atoms with Crippen molar-refractivity contribution in [2.24, 2.45) is 5.92 Å². The summed E-state index contributed by atoms with van der Waals surface area (Å²) in [5, 5.41) is 38.3. The summed E-state index contributed by atoms with van der Waals surface area (Å²) in [7, 11) is -4.66. The summed E-state index contributed by atoms with van der Waals surface area (Å²) in [4.78, 5) is 34.7. The van der Waals surface area contributed by atoms with Crippen molar-refractivity contribution < 1.29 is 58.0 Å². The van der Waals surface area contributed by atoms with Crippen LogP contribution in [0.3, 0.4) is 0 Å². The van der Waals surface area contributed by atoms with E-state index in [0.29, 0.717) is 31.6 Å². The molecule has 0 aromatic rings. The fourth-order valence-electron chi connectivity index (χ4n) is 4.62. The Morgan fingerprint density at radius 2 is 1.24 bits per heavy atom. The minimum atomic E-state index is -4.66. The van der Waals surface area contributed by atoms with Gasteiger partial charge in [-0.2, -0.15) is 0 Å². The second kappa shape index (κ2) is 32.5. The Labute approximate surface area is 306 Å². The monoisotopic (exact) mass is 746 g/mol. The van der Waals surface area contributed by atoms with E-state index in [0.717, 1.165) is 51.4 Å². The van der Waals surface area contributed by atoms with Gasteiger partial charge in [0.25, 0.3) is 0 Å². The van der Waals surface area contributed by atoms with Crippen LogP contribution in [0.25, 0.3) is 0 Å². The van der Waals surface area contributed by atoms with Crippen LogP contribution in [-0.2, 0) is 32.7 Å². The summed E-state index contributed by atoms with van der Waals surface area (Å²) < 4.78 is 32.3. The molecule has 0 rings (SSSR count). The first-order valence-electron chi connectivity index (χ1n) is 18.7. The number of allylic oxidation sites excluding steroid dienone is 6. The molecular weight excluding hydrogens is 679 g/mol. The summed E-state index contributed by atoms with van der Waals surface area (Å²) in [6.07, 6.45) is 23.4. The van der Waals surface area contributed by atoms with Crippen LogP contribution >= 0.6 is 7.82 Å². The van der Waals surface area contributed by atoms with Gasteiger partial charge in [0.1, 0.15) is 12.7 Å². The lowest BCUT2D eigenvalue weighted by atomic mass is 10.0. The molecule has 0 saturated heterocycles. The van der Waals surface area contributed by atoms with Gasteiger partial charge in [-0.15, -0.1) is 0 Å². The SMILES string of the molecule is CCCCC[C@H](O)/C=C/C=C\C/C=C\C=C\[C@H](O)CCCC(=O)OC[C@H](COP(=O)(O)OC[C@@H](O)CO)OC(=O)CCCCCCCCC(C)C. The van der Waals surface area contributed by atoms with Crippen LogP contribution in [0.5, 0.6) is 0 Å². The van der Waals surface area contributed by atoms with E-state index >= 15 is 0 Å². The predicted molar refractivity (Wildman–Crippen MR) is 199 cm³/mol. The first-order chi connectivity index (χ1) is 24.4. The molecule has 296 valence electrons. The Hall–Kier alpha value is -2.15. The zero-order chi connectivity index (χ0) is 38.2. The normalized spacial score (nSPS) is 15.9. The fraction of sp³-hybridized carbons (Fsp3) is 0.737. The lowest BCUT2D eigenvalue weighted by Crippen LogP contribution is -2.30. The third kappa shape index (κ3) is 33.4. The number of rotatable bonds is 33. The molecule has 51 heavy (non-hydrogen) atoms. The standard InChI is InChI=1S/C38H67O12P/c1-4-5-15-22-33(40)23-17-12-7-6-8-13-18-24-34(41)25-20-27-37(43)47-30-36(31-49-51(45,46)48-29-35(42)28-39)50-38(44)26-19-14-10-9-11-16-21-32(2)3/h7-8,12-13,17-18,23-24,32-36,39-42H,4-6,9-11,14-16,19-22,25-31H2,1-3H3,(H,45,46)/b12-7-,13-8-,23-17+,24-18+/t33-,34-,35-,36+/m0/s1. The molecule has 0 aromatic heterocycles. The van der Waals surface area contributed by atoms with Crippen molar-refractivity contribution in [2.75, 3.05) is 26.4 Å². The first kappa shape index (κ1) is 48.9. The lowest BCUT2D eigenvalue weighted by molar-refractivity contribution is -0.161. The highest BCUT2D eigenvalue weighted by Crippen LogP contribution is 2.43. The van der Waals surface area contributed by atoms with Crippen LogP contribution < -0.4 is 0 Å². The Balaban J connectivity index is 4.61. The molecule has 0 bridgehead atoms. The Bertz CT molecular complexity index is 1040. The maximum Gasteiger partial charge on any atom is 0.472 e. The molecule has 5 atom stereocenters. The van der Waals surface area contributed by atoms with Crippen molar-refractivity contribution in [3.05, 3.63) is 48.6 Å². The van der Waals surface area contributed by atoms with E-state index in [1.165, 1.54) is 12.8 Å². The molecule has 0 aliphatic carbocycles. The highest BCUT2D eigenvalue weighted by molar-refractivity contribution is 7.47. The van der Waals surface area contributed by atoms with Gasteiger partial charge in [-0.25, -0.2) is 4.57 Å². The minimum Gasteiger partial charge on any atom is -0.462 e. The second-order valence-electron chi connectivity index (χ2n) is 13.1. The van der Waals surface area contributed by atoms with Gasteiger partial charge in [-0.1, -0.05) is 127 Å². The smallest absolute Gasteiger partial charge is 0.462 e. The van der Waals surface area contributed by atoms with Crippen molar-refractivity contribution in [3.8, 4) is 0 Å². The lowest BCUT2D eigenvalue weighted by Gasteiger charge is -2.20. The summed E-state index contributed by atoms with van der Waals surface area (Å²) in [6.45, 7) is 4.18. The molecule has 0 spiro atoms. The van der Waals surface area contributed by atoms with Gasteiger partial charge in [0.05, 0.1) is 32.0 Å². The Kier molecular flexibility index (Phi) is 31.1. The van der Waals surface area contributed by atoms with Gasteiger partial charge < -0.3 is 34.8 Å². The summed E-state index contributed by atoms with van der Waals surface area (Å²) in [6, 6.07) is 0. The zero-order valence-electron chi connectivity index (χ0n) is 31.2. The number of hydrogen-bond donors (Lipinski definition) is 5. The number of carbonyl (C=O) groups excluding carboxylic acids is 2. The number of aliphatic hydroxyl groups excluding tert-OH is 4. The number of hydrogen-bond acceptors (Lipinski definition) is 11. The van der Waals surface area contributed by atoms with Gasteiger partial charge >= 0.3 is 19.8 Å². The zero-order valence-corrected chi connectivity index (χ0v) is 32.1. The van der Waals surface area contributed by atoms with E-state index in [1.54, 1.807) is 18.2 Å². The molecular formula is C38H67O12P. The summed E-state index contributed by atoms with van der Waals surface area (Å²) in [5.74, 6) is -0.472. The molecule has 1 unspecified atom stereocenters. The molecule has 5 N–H and O–H groups in total. The van der Waals surface area contributed by atoms with Gasteiger partial charge in [0, 0.05) is 12.8 Å². The van der Waals surface area contributed by atoms with Crippen molar-refractivity contribution in [1.82, 2.24) is 0 Å². The van der Waals surface area contributed by atoms with Crippen molar-refractivity contribution >= 4 is 19.8 Å². The van der Waals surface area contributed by atoms with E-state index in [2.05, 4.69) is 25.3 Å². The van der Waals surface area contributed by atoms with Crippen LogP contribution in [0.2, 0.25) is 0 Å². The second-order valence-corrected chi connectivity index (χ2v) is 14.6. The number of unbranched alkanes of at least 4 members (excludes halogenated alkanes) is 7. The number of phosphoric ester groups is 1. The number of phosphoric acid groups is 1. The quantitative estimate of drug-likeness (QED) is 0.0205. The molecule has 0 aliphatic rings. The fourth-order valence-corrected chi connectivity index (χ4v) is 5.41. The molecule has 0 amide bonds. The van der Waals surface area contributed by atoms with E-state index in [-0.39, 0.29) is 12.8 Å². The van der Waals surface area contributed by atoms with E-state index in [9.17, 15) is 34.4 Å². The average Bonchev–Trinajstić information content (AvgIpc) is 3.08. The molecule has 0 heterocycles. The highest BCUT2D eigenvalue weighted by atomic mass is 31.2. The topological polar surface area (TPSA) is 189 Å². The third-order valence-corrected chi connectivity index (χ3v) is 8.57. The molecule has 12 nitrogen and oxygen atoms in total. The average molecular weight is 747 g/mol. The Morgan fingerprint density at radius 1 is 0.686 bits per heavy atom. The van der Waals surface area contributed by atoms with Gasteiger partial charge in [0.15, 0.2) is 6.10 Å². The molecule has 0 saturated carbocycles. The minimum absolute atomic E-state index is 0.00824. The maximum absolute atomic E-state index is 12.5. The van der Waals surface area contributed by atoms with Crippen LogP contribution in [0, 0.1) is 5.92 Å². The number of aliphatic hydroxyl groups is 4. The molecule has 0 fully saturated rings. The van der Waals surface area contributed by atoms with Gasteiger partial charge in [-0.3, -0.25) is 18.6 Å². The Morgan fingerprint density at radius 3 is 1.84 bits per heavy atom. The van der Waals surface area contributed by atoms with Crippen molar-refractivity contribution in [3.63, 3.8) is 0 Å². The summed E-state index contributed by atoms with van der Waals surface area (Å²) in [5.41, 5.74) is 0. The maximum atomic E-state index is 12.5. The predicted octanol–water partition coefficient (Wildman–Crippen LogP) is 6.79. The van der Waals surface area contributed by atoms with Crippen molar-refractivity contribution in [2.45, 2.75) is 148 Å². The number of carbonyl (C=O) groups is 2. The number of ether oxygens (including phenoxy) is 2. The first-order valence-corrected chi connectivity index (χ1v) is 20.2. The van der Waals surface area contributed by atoms with Gasteiger partial charge in [-0.05, 0) is 38.0 Å². The van der Waals surface area contributed by atoms with E-state index in [1.807, 2.05) is 30.4 Å². The van der Waals surface area contributed by atoms with Crippen molar-refractivity contribution in [1.29, 1.82) is 0 Å².